The van der Waals surface area contributed by atoms with Crippen LogP contribution in [0.5, 0.6) is 0 Å². The van der Waals surface area contributed by atoms with E-state index in [1.165, 1.54) is 31.1 Å². The number of aryl methyl sites for hydroxylation is 1. The van der Waals surface area contributed by atoms with Gasteiger partial charge in [-0.1, -0.05) is 38.1 Å². The lowest BCUT2D eigenvalue weighted by Crippen LogP contribution is -2.54. The monoisotopic (exact) mass is 520 g/mol. The predicted octanol–water partition coefficient (Wildman–Crippen LogP) is 3.47. The molecule has 2 atom stereocenters. The van der Waals surface area contributed by atoms with Crippen molar-refractivity contribution in [2.75, 3.05) is 24.9 Å². The highest BCUT2D eigenvalue weighted by atomic mass is 32.2. The van der Waals surface area contributed by atoms with E-state index in [0.29, 0.717) is 6.42 Å². The summed E-state index contributed by atoms with van der Waals surface area (Å²) in [5, 5.41) is 2.94. The van der Waals surface area contributed by atoms with E-state index >= 15 is 0 Å². The Kier molecular flexibility index (Phi) is 10.4. The molecule has 1 N–H and O–H groups in total. The largest absolute Gasteiger partial charge is 0.352 e. The van der Waals surface area contributed by atoms with E-state index in [2.05, 4.69) is 5.32 Å². The minimum Gasteiger partial charge on any atom is -0.352 e. The van der Waals surface area contributed by atoms with Crippen molar-refractivity contribution in [2.45, 2.75) is 59.2 Å². The van der Waals surface area contributed by atoms with Gasteiger partial charge in [-0.15, -0.1) is 0 Å². The van der Waals surface area contributed by atoms with Crippen molar-refractivity contribution in [1.29, 1.82) is 0 Å². The molecule has 0 heterocycles. The fourth-order valence-corrected chi connectivity index (χ4v) is 4.71. The fraction of sp³-hybridized carbons (Fsp3) is 0.462. The van der Waals surface area contributed by atoms with Crippen molar-refractivity contribution in [3.63, 3.8) is 0 Å². The van der Waals surface area contributed by atoms with Crippen LogP contribution in [0, 0.1) is 12.7 Å². The van der Waals surface area contributed by atoms with E-state index in [4.69, 9.17) is 0 Å². The average molecular weight is 521 g/mol. The van der Waals surface area contributed by atoms with Crippen LogP contribution in [-0.2, 0) is 26.3 Å². The summed E-state index contributed by atoms with van der Waals surface area (Å²) < 4.78 is 41.8. The highest BCUT2D eigenvalue weighted by molar-refractivity contribution is 7.90. The first-order valence-electron chi connectivity index (χ1n) is 12.0. The van der Waals surface area contributed by atoms with Crippen LogP contribution in [-0.4, -0.2) is 62.2 Å². The first kappa shape index (κ1) is 29.3. The van der Waals surface area contributed by atoms with Crippen molar-refractivity contribution in [2.24, 2.45) is 0 Å². The van der Waals surface area contributed by atoms with Crippen molar-refractivity contribution in [3.8, 4) is 0 Å². The molecule has 36 heavy (non-hydrogen) atoms. The molecular formula is C26H37FN4O4S. The minimum atomic E-state index is -4.09. The number of rotatable bonds is 12. The molecule has 2 aromatic rings. The number of carbonyl (C=O) groups excluding carboxylic acids is 2. The maximum Gasteiger partial charge on any atom is 0.304 e. The molecule has 0 radical (unpaired) electrons. The van der Waals surface area contributed by atoms with Crippen LogP contribution >= 0.6 is 0 Å². The minimum absolute atomic E-state index is 0.0770. The van der Waals surface area contributed by atoms with E-state index in [1.54, 1.807) is 0 Å². The van der Waals surface area contributed by atoms with Crippen LogP contribution < -0.4 is 9.62 Å². The van der Waals surface area contributed by atoms with E-state index < -0.39 is 34.5 Å². The third kappa shape index (κ3) is 7.27. The van der Waals surface area contributed by atoms with E-state index in [0.717, 1.165) is 38.3 Å². The normalized spacial score (nSPS) is 13.2. The number of hydrogen-bond donors (Lipinski definition) is 1. The molecule has 198 valence electrons. The molecule has 2 rings (SSSR count). The van der Waals surface area contributed by atoms with Crippen LogP contribution in [0.2, 0.25) is 0 Å². The molecule has 0 aliphatic rings. The SMILES string of the molecule is CC[C@H](C)NC(=O)[C@H](CC)N(Cc1ccccc1C)C(=O)CN(c1ccc(F)cc1)S(=O)(=O)N(C)C. The zero-order chi connectivity index (χ0) is 27.0. The molecule has 0 fully saturated rings. The van der Waals surface area contributed by atoms with Gasteiger partial charge < -0.3 is 10.2 Å². The lowest BCUT2D eigenvalue weighted by atomic mass is 10.1. The highest BCUT2D eigenvalue weighted by Crippen LogP contribution is 2.22. The number of hydrogen-bond acceptors (Lipinski definition) is 4. The van der Waals surface area contributed by atoms with Gasteiger partial charge in [0.05, 0.1) is 5.69 Å². The highest BCUT2D eigenvalue weighted by Gasteiger charge is 2.34. The topological polar surface area (TPSA) is 90.0 Å². The summed E-state index contributed by atoms with van der Waals surface area (Å²) in [6.07, 6.45) is 1.07. The Morgan fingerprint density at radius 3 is 2.14 bits per heavy atom. The second-order valence-corrected chi connectivity index (χ2v) is 11.0. The van der Waals surface area contributed by atoms with Gasteiger partial charge in [-0.05, 0) is 62.1 Å². The molecule has 0 spiro atoms. The quantitative estimate of drug-likeness (QED) is 0.464. The molecular weight excluding hydrogens is 483 g/mol. The van der Waals surface area contributed by atoms with Gasteiger partial charge in [0.1, 0.15) is 18.4 Å². The molecule has 2 amide bonds. The van der Waals surface area contributed by atoms with Crippen molar-refractivity contribution in [3.05, 3.63) is 65.5 Å². The zero-order valence-corrected chi connectivity index (χ0v) is 22.7. The molecule has 0 saturated heterocycles. The van der Waals surface area contributed by atoms with Gasteiger partial charge in [0, 0.05) is 26.7 Å². The standard InChI is InChI=1S/C26H37FN4O4S/c1-7-20(4)28-26(33)24(8-2)30(17-21-12-10-9-11-19(21)3)25(32)18-31(36(34,35)29(5)6)23-15-13-22(27)14-16-23/h9-16,20,24H,7-8,17-18H2,1-6H3,(H,28,33)/t20-,24-/m0/s1. The summed E-state index contributed by atoms with van der Waals surface area (Å²) in [5.41, 5.74) is 1.94. The van der Waals surface area contributed by atoms with Gasteiger partial charge in [-0.3, -0.25) is 9.59 Å². The summed E-state index contributed by atoms with van der Waals surface area (Å²) in [4.78, 5) is 28.4. The third-order valence-electron chi connectivity index (χ3n) is 6.12. The maximum atomic E-state index is 13.8. The first-order chi connectivity index (χ1) is 16.9. The second kappa shape index (κ2) is 12.8. The number of anilines is 1. The predicted molar refractivity (Wildman–Crippen MR) is 140 cm³/mol. The van der Waals surface area contributed by atoms with Gasteiger partial charge in [0.2, 0.25) is 11.8 Å². The third-order valence-corrected chi connectivity index (χ3v) is 7.94. The van der Waals surface area contributed by atoms with Crippen molar-refractivity contribution >= 4 is 27.7 Å². The van der Waals surface area contributed by atoms with Crippen LogP contribution in [0.3, 0.4) is 0 Å². The number of nitrogens with one attached hydrogen (secondary N) is 1. The lowest BCUT2D eigenvalue weighted by molar-refractivity contribution is -0.140. The number of benzene rings is 2. The molecule has 0 aliphatic carbocycles. The Hall–Kier alpha value is -2.98. The Morgan fingerprint density at radius 2 is 1.61 bits per heavy atom. The van der Waals surface area contributed by atoms with Crippen molar-refractivity contribution < 1.29 is 22.4 Å². The molecule has 8 nitrogen and oxygen atoms in total. The van der Waals surface area contributed by atoms with Gasteiger partial charge in [0.15, 0.2) is 0 Å². The first-order valence-corrected chi connectivity index (χ1v) is 13.4. The van der Waals surface area contributed by atoms with Gasteiger partial charge in [-0.2, -0.15) is 12.7 Å². The molecule has 0 aromatic heterocycles. The number of amides is 2. The summed E-state index contributed by atoms with van der Waals surface area (Å²) >= 11 is 0. The van der Waals surface area contributed by atoms with Crippen molar-refractivity contribution in [1.82, 2.24) is 14.5 Å². The number of carbonyl (C=O) groups is 2. The Morgan fingerprint density at radius 1 is 1.00 bits per heavy atom. The Bertz CT molecular complexity index is 1140. The Labute approximate surface area is 214 Å². The Balaban J connectivity index is 2.51. The average Bonchev–Trinajstić information content (AvgIpc) is 2.83. The van der Waals surface area contributed by atoms with Gasteiger partial charge in [-0.25, -0.2) is 8.70 Å². The summed E-state index contributed by atoms with van der Waals surface area (Å²) in [6.45, 7) is 7.15. The smallest absolute Gasteiger partial charge is 0.304 e. The van der Waals surface area contributed by atoms with Crippen LogP contribution in [0.1, 0.15) is 44.7 Å². The number of halogens is 1. The van der Waals surface area contributed by atoms with Crippen LogP contribution in [0.15, 0.2) is 48.5 Å². The van der Waals surface area contributed by atoms with E-state index in [9.17, 15) is 22.4 Å². The molecule has 0 bridgehead atoms. The van der Waals surface area contributed by atoms with Crippen LogP contribution in [0.25, 0.3) is 0 Å². The molecule has 0 saturated carbocycles. The maximum absolute atomic E-state index is 13.8. The second-order valence-electron chi connectivity index (χ2n) is 8.96. The molecule has 2 aromatic carbocycles. The molecule has 0 aliphatic heterocycles. The lowest BCUT2D eigenvalue weighted by Gasteiger charge is -2.34. The van der Waals surface area contributed by atoms with Gasteiger partial charge >= 0.3 is 10.2 Å². The molecule has 10 heteroatoms. The summed E-state index contributed by atoms with van der Waals surface area (Å²) in [7, 11) is -1.38. The fourth-order valence-electron chi connectivity index (χ4n) is 3.66. The molecule has 0 unspecified atom stereocenters. The van der Waals surface area contributed by atoms with E-state index in [1.807, 2.05) is 52.0 Å². The zero-order valence-electron chi connectivity index (χ0n) is 21.9. The van der Waals surface area contributed by atoms with E-state index in [-0.39, 0.29) is 24.2 Å². The van der Waals surface area contributed by atoms with Crippen LogP contribution in [0.4, 0.5) is 10.1 Å². The van der Waals surface area contributed by atoms with Gasteiger partial charge in [0.25, 0.3) is 0 Å². The summed E-state index contributed by atoms with van der Waals surface area (Å²) in [5.74, 6) is -1.36. The summed E-state index contributed by atoms with van der Waals surface area (Å²) in [6, 6.07) is 11.5. The number of nitrogens with zero attached hydrogens (tertiary/aromatic N) is 3.